The Bertz CT molecular complexity index is 491. The maximum absolute atomic E-state index is 12.0. The summed E-state index contributed by atoms with van der Waals surface area (Å²) in [5.74, 6) is -0.607. The van der Waals surface area contributed by atoms with Gasteiger partial charge in [0.05, 0.1) is 12.6 Å². The molecule has 1 saturated heterocycles. The van der Waals surface area contributed by atoms with Crippen molar-refractivity contribution in [2.75, 3.05) is 25.0 Å². The van der Waals surface area contributed by atoms with Gasteiger partial charge in [-0.05, 0) is 37.1 Å². The average molecular weight is 355 g/mol. The molecule has 0 spiro atoms. The highest BCUT2D eigenvalue weighted by molar-refractivity contribution is 5.92. The largest absolute Gasteiger partial charge is 0.573 e. The minimum atomic E-state index is -4.73. The lowest BCUT2D eigenvalue weighted by Crippen LogP contribution is -2.33. The number of ether oxygens (including phenoxy) is 2. The van der Waals surface area contributed by atoms with Gasteiger partial charge in [0.25, 0.3) is 0 Å². The molecule has 0 radical (unpaired) electrons. The lowest BCUT2D eigenvalue weighted by molar-refractivity contribution is -0.274. The molecule has 1 aromatic rings. The van der Waals surface area contributed by atoms with Crippen LogP contribution >= 0.6 is 12.4 Å². The van der Waals surface area contributed by atoms with E-state index in [9.17, 15) is 18.0 Å². The van der Waals surface area contributed by atoms with Gasteiger partial charge >= 0.3 is 6.36 Å². The fourth-order valence-corrected chi connectivity index (χ4v) is 2.10. The number of amides is 1. The fourth-order valence-electron chi connectivity index (χ4n) is 2.10. The molecule has 1 atom stereocenters. The predicted octanol–water partition coefficient (Wildman–Crippen LogP) is 2.71. The SMILES string of the molecule is Cl.O=C(CNCC1CCCO1)Nc1ccc(OC(F)(F)F)cc1. The highest BCUT2D eigenvalue weighted by atomic mass is 35.5. The predicted molar refractivity (Wildman–Crippen MR) is 80.8 cm³/mol. The highest BCUT2D eigenvalue weighted by Gasteiger charge is 2.30. The second-order valence-electron chi connectivity index (χ2n) is 4.89. The Morgan fingerprint density at radius 1 is 1.30 bits per heavy atom. The summed E-state index contributed by atoms with van der Waals surface area (Å²) in [6.45, 7) is 1.47. The normalized spacial score (nSPS) is 17.4. The van der Waals surface area contributed by atoms with E-state index in [2.05, 4.69) is 15.4 Å². The van der Waals surface area contributed by atoms with Crippen molar-refractivity contribution in [1.82, 2.24) is 5.32 Å². The standard InChI is InChI=1S/C14H17F3N2O3.ClH/c15-14(16,17)22-11-5-3-10(4-6-11)19-13(20)9-18-8-12-2-1-7-21-12;/h3-6,12,18H,1-2,7-9H2,(H,19,20);1H. The molecule has 5 nitrogen and oxygen atoms in total. The minimum Gasteiger partial charge on any atom is -0.406 e. The van der Waals surface area contributed by atoms with Crippen LogP contribution in [-0.2, 0) is 9.53 Å². The number of carbonyl (C=O) groups excluding carboxylic acids is 1. The first-order valence-electron chi connectivity index (χ1n) is 6.90. The number of benzene rings is 1. The molecule has 0 bridgehead atoms. The number of carbonyl (C=O) groups is 1. The first-order valence-corrected chi connectivity index (χ1v) is 6.90. The molecule has 1 aliphatic rings. The Morgan fingerprint density at radius 2 is 2.00 bits per heavy atom. The Kier molecular flexibility index (Phi) is 7.60. The molecule has 0 aliphatic carbocycles. The molecule has 23 heavy (non-hydrogen) atoms. The molecule has 1 fully saturated rings. The maximum atomic E-state index is 12.0. The molecule has 2 rings (SSSR count). The number of hydrogen-bond donors (Lipinski definition) is 2. The zero-order chi connectivity index (χ0) is 16.0. The van der Waals surface area contributed by atoms with Gasteiger partial charge in [0.2, 0.25) is 5.91 Å². The zero-order valence-corrected chi connectivity index (χ0v) is 13.0. The molecule has 1 heterocycles. The summed E-state index contributed by atoms with van der Waals surface area (Å²) in [7, 11) is 0. The molecule has 0 aromatic heterocycles. The summed E-state index contributed by atoms with van der Waals surface area (Å²) in [6.07, 6.45) is -2.57. The second kappa shape index (κ2) is 8.95. The van der Waals surface area contributed by atoms with Crippen LogP contribution in [-0.4, -0.2) is 38.1 Å². The quantitative estimate of drug-likeness (QED) is 0.824. The van der Waals surface area contributed by atoms with Gasteiger partial charge in [-0.3, -0.25) is 4.79 Å². The van der Waals surface area contributed by atoms with Crippen LogP contribution in [0.2, 0.25) is 0 Å². The topological polar surface area (TPSA) is 59.6 Å². The Balaban J connectivity index is 0.00000264. The molecule has 9 heteroatoms. The van der Waals surface area contributed by atoms with Crippen LogP contribution in [0.4, 0.5) is 18.9 Å². The van der Waals surface area contributed by atoms with E-state index in [1.807, 2.05) is 0 Å². The van der Waals surface area contributed by atoms with E-state index in [-0.39, 0.29) is 36.7 Å². The monoisotopic (exact) mass is 354 g/mol. The van der Waals surface area contributed by atoms with E-state index < -0.39 is 6.36 Å². The number of nitrogens with one attached hydrogen (secondary N) is 2. The Hall–Kier alpha value is -1.51. The van der Waals surface area contributed by atoms with Gasteiger partial charge in [0, 0.05) is 18.8 Å². The van der Waals surface area contributed by atoms with E-state index in [1.54, 1.807) is 0 Å². The summed E-state index contributed by atoms with van der Waals surface area (Å²) in [5, 5.41) is 5.56. The number of anilines is 1. The van der Waals surface area contributed by atoms with E-state index in [0.29, 0.717) is 12.2 Å². The molecule has 130 valence electrons. The van der Waals surface area contributed by atoms with Gasteiger partial charge in [-0.25, -0.2) is 0 Å². The third kappa shape index (κ3) is 7.54. The molecule has 1 aromatic carbocycles. The van der Waals surface area contributed by atoms with Crippen molar-refractivity contribution in [2.45, 2.75) is 25.3 Å². The van der Waals surface area contributed by atoms with Gasteiger partial charge in [0.15, 0.2) is 0 Å². The smallest absolute Gasteiger partial charge is 0.406 e. The van der Waals surface area contributed by atoms with Crippen molar-refractivity contribution in [3.8, 4) is 5.75 Å². The molecular formula is C14H18ClF3N2O3. The van der Waals surface area contributed by atoms with Crippen LogP contribution < -0.4 is 15.4 Å². The van der Waals surface area contributed by atoms with Gasteiger partial charge in [-0.1, -0.05) is 0 Å². The lowest BCUT2D eigenvalue weighted by atomic mass is 10.2. The van der Waals surface area contributed by atoms with E-state index in [4.69, 9.17) is 4.74 Å². The maximum Gasteiger partial charge on any atom is 0.573 e. The van der Waals surface area contributed by atoms with Crippen molar-refractivity contribution in [3.63, 3.8) is 0 Å². The summed E-state index contributed by atoms with van der Waals surface area (Å²) in [5.41, 5.74) is 0.401. The molecule has 1 unspecified atom stereocenters. The van der Waals surface area contributed by atoms with Crippen LogP contribution in [0.25, 0.3) is 0 Å². The van der Waals surface area contributed by atoms with Gasteiger partial charge in [-0.2, -0.15) is 0 Å². The molecular weight excluding hydrogens is 337 g/mol. The fraction of sp³-hybridized carbons (Fsp3) is 0.500. The van der Waals surface area contributed by atoms with Crippen LogP contribution in [0, 0.1) is 0 Å². The summed E-state index contributed by atoms with van der Waals surface area (Å²) in [6, 6.07) is 4.98. The van der Waals surface area contributed by atoms with Gasteiger partial charge in [0.1, 0.15) is 5.75 Å². The summed E-state index contributed by atoms with van der Waals surface area (Å²) >= 11 is 0. The molecule has 1 amide bonds. The number of hydrogen-bond acceptors (Lipinski definition) is 4. The molecule has 0 saturated carbocycles. The lowest BCUT2D eigenvalue weighted by Gasteiger charge is -2.11. The first kappa shape index (κ1) is 19.5. The Morgan fingerprint density at radius 3 is 2.57 bits per heavy atom. The van der Waals surface area contributed by atoms with Crippen molar-refractivity contribution >= 4 is 24.0 Å². The summed E-state index contributed by atoms with van der Waals surface area (Å²) < 4.78 is 45.2. The average Bonchev–Trinajstić information content (AvgIpc) is 2.92. The third-order valence-electron chi connectivity index (χ3n) is 3.05. The van der Waals surface area contributed by atoms with Crippen LogP contribution in [0.5, 0.6) is 5.75 Å². The number of alkyl halides is 3. The summed E-state index contributed by atoms with van der Waals surface area (Å²) in [4.78, 5) is 11.7. The van der Waals surface area contributed by atoms with Crippen molar-refractivity contribution in [3.05, 3.63) is 24.3 Å². The Labute approximate surface area is 137 Å². The molecule has 2 N–H and O–H groups in total. The van der Waals surface area contributed by atoms with Crippen LogP contribution in [0.1, 0.15) is 12.8 Å². The third-order valence-corrected chi connectivity index (χ3v) is 3.05. The van der Waals surface area contributed by atoms with Crippen LogP contribution in [0.3, 0.4) is 0 Å². The van der Waals surface area contributed by atoms with Gasteiger partial charge in [-0.15, -0.1) is 25.6 Å². The van der Waals surface area contributed by atoms with Crippen LogP contribution in [0.15, 0.2) is 24.3 Å². The highest BCUT2D eigenvalue weighted by Crippen LogP contribution is 2.23. The number of rotatable bonds is 6. The van der Waals surface area contributed by atoms with E-state index >= 15 is 0 Å². The minimum absolute atomic E-state index is 0. The van der Waals surface area contributed by atoms with Crippen molar-refractivity contribution < 1.29 is 27.4 Å². The first-order chi connectivity index (χ1) is 10.4. The van der Waals surface area contributed by atoms with E-state index in [1.165, 1.54) is 12.1 Å². The zero-order valence-electron chi connectivity index (χ0n) is 12.2. The van der Waals surface area contributed by atoms with Gasteiger partial charge < -0.3 is 20.1 Å². The van der Waals surface area contributed by atoms with E-state index in [0.717, 1.165) is 31.6 Å². The number of halogens is 4. The second-order valence-corrected chi connectivity index (χ2v) is 4.89. The molecule has 1 aliphatic heterocycles. The van der Waals surface area contributed by atoms with Crippen molar-refractivity contribution in [1.29, 1.82) is 0 Å². The van der Waals surface area contributed by atoms with Crippen molar-refractivity contribution in [2.24, 2.45) is 0 Å².